The number of halogens is 3. The Morgan fingerprint density at radius 1 is 1.18 bits per heavy atom. The van der Waals surface area contributed by atoms with Crippen molar-refractivity contribution in [1.82, 2.24) is 4.98 Å². The van der Waals surface area contributed by atoms with Crippen LogP contribution in [0.25, 0.3) is 0 Å². The number of rotatable bonds is 2. The Hall–Kier alpha value is -1.88. The van der Waals surface area contributed by atoms with Crippen molar-refractivity contribution in [3.8, 4) is 0 Å². The number of nitrogen functional groups attached to an aromatic ring is 1. The predicted octanol–water partition coefficient (Wildman–Crippen LogP) is 3.34. The third-order valence-electron chi connectivity index (χ3n) is 2.08. The van der Waals surface area contributed by atoms with Gasteiger partial charge in [0.2, 0.25) is 0 Å². The number of hydrogen-bond donors (Lipinski definition) is 2. The van der Waals surface area contributed by atoms with Crippen LogP contribution in [0.4, 0.5) is 26.0 Å². The average Bonchev–Trinajstić information content (AvgIpc) is 2.27. The van der Waals surface area contributed by atoms with E-state index in [4.69, 9.17) is 17.3 Å². The topological polar surface area (TPSA) is 50.9 Å². The number of benzene rings is 1. The third-order valence-corrected chi connectivity index (χ3v) is 2.29. The molecular formula is C11H8ClF2N3. The number of nitrogens with two attached hydrogens (primary N) is 1. The highest BCUT2D eigenvalue weighted by molar-refractivity contribution is 6.29. The van der Waals surface area contributed by atoms with Gasteiger partial charge in [-0.1, -0.05) is 11.6 Å². The van der Waals surface area contributed by atoms with Crippen molar-refractivity contribution < 1.29 is 8.78 Å². The van der Waals surface area contributed by atoms with Crippen molar-refractivity contribution in [3.05, 3.63) is 47.1 Å². The minimum absolute atomic E-state index is 0.0767. The molecule has 1 heterocycles. The van der Waals surface area contributed by atoms with E-state index in [1.54, 1.807) is 6.07 Å². The van der Waals surface area contributed by atoms with Crippen LogP contribution in [-0.2, 0) is 0 Å². The standard InChI is InChI=1S/C11H8ClF2N3/c12-10-4-2-8(15)11(17-10)16-9-3-1-6(13)5-7(9)14/h1-5H,15H2,(H,16,17). The minimum Gasteiger partial charge on any atom is -0.396 e. The van der Waals surface area contributed by atoms with Crippen molar-refractivity contribution >= 4 is 28.8 Å². The fourth-order valence-electron chi connectivity index (χ4n) is 1.26. The third kappa shape index (κ3) is 2.62. The normalized spacial score (nSPS) is 10.3. The zero-order chi connectivity index (χ0) is 12.4. The van der Waals surface area contributed by atoms with Crippen LogP contribution in [0.3, 0.4) is 0 Å². The largest absolute Gasteiger partial charge is 0.396 e. The van der Waals surface area contributed by atoms with E-state index < -0.39 is 11.6 Å². The molecule has 0 aliphatic heterocycles. The van der Waals surface area contributed by atoms with E-state index in [-0.39, 0.29) is 16.7 Å². The zero-order valence-electron chi connectivity index (χ0n) is 8.55. The summed E-state index contributed by atoms with van der Waals surface area (Å²) < 4.78 is 26.1. The van der Waals surface area contributed by atoms with Gasteiger partial charge in [0.25, 0.3) is 0 Å². The molecule has 0 unspecified atom stereocenters. The van der Waals surface area contributed by atoms with Crippen molar-refractivity contribution in [2.45, 2.75) is 0 Å². The molecule has 0 aliphatic carbocycles. The molecule has 0 radical (unpaired) electrons. The summed E-state index contributed by atoms with van der Waals surface area (Å²) in [5, 5.41) is 2.87. The van der Waals surface area contributed by atoms with E-state index in [0.29, 0.717) is 5.69 Å². The molecule has 1 aromatic carbocycles. The molecule has 0 spiro atoms. The van der Waals surface area contributed by atoms with Crippen LogP contribution in [0.2, 0.25) is 5.15 Å². The number of aromatic nitrogens is 1. The molecule has 1 aromatic heterocycles. The highest BCUT2D eigenvalue weighted by Crippen LogP contribution is 2.24. The van der Waals surface area contributed by atoms with Gasteiger partial charge in [-0.15, -0.1) is 0 Å². The Morgan fingerprint density at radius 3 is 2.65 bits per heavy atom. The van der Waals surface area contributed by atoms with E-state index in [9.17, 15) is 8.78 Å². The maximum atomic E-state index is 13.4. The fraction of sp³-hybridized carbons (Fsp3) is 0. The summed E-state index contributed by atoms with van der Waals surface area (Å²) in [5.74, 6) is -1.16. The van der Waals surface area contributed by atoms with E-state index in [1.807, 2.05) is 0 Å². The van der Waals surface area contributed by atoms with Gasteiger partial charge in [-0.25, -0.2) is 13.8 Å². The van der Waals surface area contributed by atoms with Crippen molar-refractivity contribution in [1.29, 1.82) is 0 Å². The van der Waals surface area contributed by atoms with Gasteiger partial charge in [-0.05, 0) is 24.3 Å². The lowest BCUT2D eigenvalue weighted by atomic mass is 10.3. The average molecular weight is 256 g/mol. The van der Waals surface area contributed by atoms with Gasteiger partial charge >= 0.3 is 0 Å². The number of anilines is 3. The van der Waals surface area contributed by atoms with Crippen LogP contribution in [-0.4, -0.2) is 4.98 Å². The molecule has 88 valence electrons. The molecule has 6 heteroatoms. The summed E-state index contributed by atoms with van der Waals surface area (Å²) in [6, 6.07) is 6.21. The molecule has 0 fully saturated rings. The van der Waals surface area contributed by atoms with Crippen molar-refractivity contribution in [3.63, 3.8) is 0 Å². The van der Waals surface area contributed by atoms with E-state index in [2.05, 4.69) is 10.3 Å². The quantitative estimate of drug-likeness (QED) is 0.809. The van der Waals surface area contributed by atoms with Gasteiger partial charge < -0.3 is 11.1 Å². The SMILES string of the molecule is Nc1ccc(Cl)nc1Nc1ccc(F)cc1F. The summed E-state index contributed by atoms with van der Waals surface area (Å²) >= 11 is 5.69. The van der Waals surface area contributed by atoms with E-state index in [1.165, 1.54) is 12.1 Å². The van der Waals surface area contributed by atoms with Crippen molar-refractivity contribution in [2.75, 3.05) is 11.1 Å². The van der Waals surface area contributed by atoms with Gasteiger partial charge in [-0.3, -0.25) is 0 Å². The highest BCUT2D eigenvalue weighted by atomic mass is 35.5. The van der Waals surface area contributed by atoms with Crippen LogP contribution in [0.5, 0.6) is 0 Å². The summed E-state index contributed by atoms with van der Waals surface area (Å²) in [6.45, 7) is 0. The second kappa shape index (κ2) is 4.55. The highest BCUT2D eigenvalue weighted by Gasteiger charge is 2.07. The van der Waals surface area contributed by atoms with E-state index >= 15 is 0 Å². The Balaban J connectivity index is 2.34. The molecule has 3 N–H and O–H groups in total. The minimum atomic E-state index is -0.730. The molecule has 17 heavy (non-hydrogen) atoms. The molecule has 0 saturated carbocycles. The molecular weight excluding hydrogens is 248 g/mol. The molecule has 0 atom stereocenters. The van der Waals surface area contributed by atoms with Crippen LogP contribution < -0.4 is 11.1 Å². The molecule has 0 saturated heterocycles. The lowest BCUT2D eigenvalue weighted by molar-refractivity contribution is 0.586. The first-order valence-corrected chi connectivity index (χ1v) is 5.08. The summed E-state index contributed by atoms with van der Waals surface area (Å²) in [7, 11) is 0. The Kier molecular flexibility index (Phi) is 3.10. The lowest BCUT2D eigenvalue weighted by Crippen LogP contribution is -2.01. The second-order valence-corrected chi connectivity index (χ2v) is 3.71. The Labute approximate surface area is 101 Å². The first-order valence-electron chi connectivity index (χ1n) is 4.70. The van der Waals surface area contributed by atoms with Crippen LogP contribution >= 0.6 is 11.6 Å². The number of pyridine rings is 1. The van der Waals surface area contributed by atoms with Gasteiger partial charge in [0.05, 0.1) is 11.4 Å². The number of nitrogens with zero attached hydrogens (tertiary/aromatic N) is 1. The van der Waals surface area contributed by atoms with Gasteiger partial charge in [0, 0.05) is 6.07 Å². The Morgan fingerprint density at radius 2 is 1.94 bits per heavy atom. The smallest absolute Gasteiger partial charge is 0.155 e. The second-order valence-electron chi connectivity index (χ2n) is 3.32. The first-order chi connectivity index (χ1) is 8.06. The molecule has 2 rings (SSSR count). The molecule has 2 aromatic rings. The van der Waals surface area contributed by atoms with Crippen LogP contribution in [0, 0.1) is 11.6 Å². The van der Waals surface area contributed by atoms with Gasteiger partial charge in [0.15, 0.2) is 5.82 Å². The maximum absolute atomic E-state index is 13.4. The summed E-state index contributed by atoms with van der Waals surface area (Å²) in [5.41, 5.74) is 6.03. The maximum Gasteiger partial charge on any atom is 0.155 e. The van der Waals surface area contributed by atoms with Crippen LogP contribution in [0.15, 0.2) is 30.3 Å². The summed E-state index contributed by atoms with van der Waals surface area (Å²) in [4.78, 5) is 3.90. The van der Waals surface area contributed by atoms with Crippen LogP contribution in [0.1, 0.15) is 0 Å². The molecule has 0 bridgehead atoms. The molecule has 3 nitrogen and oxygen atoms in total. The number of hydrogen-bond acceptors (Lipinski definition) is 3. The number of nitrogens with one attached hydrogen (secondary N) is 1. The van der Waals surface area contributed by atoms with Gasteiger partial charge in [-0.2, -0.15) is 0 Å². The summed E-state index contributed by atoms with van der Waals surface area (Å²) in [6.07, 6.45) is 0. The monoisotopic (exact) mass is 255 g/mol. The molecule has 0 amide bonds. The zero-order valence-corrected chi connectivity index (χ0v) is 9.30. The fourth-order valence-corrected chi connectivity index (χ4v) is 1.41. The first kappa shape index (κ1) is 11.6. The Bertz CT molecular complexity index is 560. The molecule has 0 aliphatic rings. The van der Waals surface area contributed by atoms with Crippen molar-refractivity contribution in [2.24, 2.45) is 0 Å². The lowest BCUT2D eigenvalue weighted by Gasteiger charge is -2.09. The predicted molar refractivity (Wildman–Crippen MR) is 63.3 cm³/mol. The van der Waals surface area contributed by atoms with E-state index in [0.717, 1.165) is 12.1 Å². The van der Waals surface area contributed by atoms with Gasteiger partial charge in [0.1, 0.15) is 16.8 Å².